The van der Waals surface area contributed by atoms with Crippen LogP contribution in [0.25, 0.3) is 0 Å². The van der Waals surface area contributed by atoms with E-state index in [1.165, 1.54) is 10.9 Å². The average molecular weight is 200 g/mol. The van der Waals surface area contributed by atoms with Crippen molar-refractivity contribution in [3.05, 3.63) is 17.7 Å². The summed E-state index contributed by atoms with van der Waals surface area (Å²) in [4.78, 5) is 3.74. The maximum absolute atomic E-state index is 8.80. The molecule has 1 rings (SSSR count). The molecule has 0 aliphatic rings. The van der Waals surface area contributed by atoms with Crippen molar-refractivity contribution in [2.45, 2.75) is 19.0 Å². The Hall–Kier alpha value is -2.36. The van der Waals surface area contributed by atoms with Gasteiger partial charge in [0.1, 0.15) is 17.7 Å². The molecule has 1 aromatic heterocycles. The maximum atomic E-state index is 8.80. The molecule has 0 saturated heterocycles. The van der Waals surface area contributed by atoms with Crippen LogP contribution < -0.4 is 5.73 Å². The zero-order valence-corrected chi connectivity index (χ0v) is 8.10. The summed E-state index contributed by atoms with van der Waals surface area (Å²) in [5.41, 5.74) is 4.71. The SMILES string of the molecule is CC(N)(C#N)Cn1cnc(C#N)c1C#N. The first-order valence-electron chi connectivity index (χ1n) is 4.09. The standard InChI is InChI=1S/C9H8N6/c1-9(13,4-12)5-15-6-14-7(2-10)8(15)3-11/h6H,5,13H2,1H3. The Bertz CT molecular complexity index is 490. The van der Waals surface area contributed by atoms with Gasteiger partial charge in [-0.3, -0.25) is 0 Å². The molecular weight excluding hydrogens is 192 g/mol. The van der Waals surface area contributed by atoms with E-state index in [1.54, 1.807) is 13.0 Å². The third-order valence-corrected chi connectivity index (χ3v) is 1.80. The van der Waals surface area contributed by atoms with Crippen LogP contribution in [0.3, 0.4) is 0 Å². The van der Waals surface area contributed by atoms with Gasteiger partial charge >= 0.3 is 0 Å². The highest BCUT2D eigenvalue weighted by atomic mass is 15.1. The summed E-state index contributed by atoms with van der Waals surface area (Å²) >= 11 is 0. The number of nitriles is 3. The second-order valence-electron chi connectivity index (χ2n) is 3.32. The van der Waals surface area contributed by atoms with E-state index >= 15 is 0 Å². The van der Waals surface area contributed by atoms with Gasteiger partial charge in [0.15, 0.2) is 11.4 Å². The van der Waals surface area contributed by atoms with Crippen LogP contribution in [0.1, 0.15) is 18.3 Å². The monoisotopic (exact) mass is 200 g/mol. The molecule has 0 aromatic carbocycles. The quantitative estimate of drug-likeness (QED) is 0.713. The van der Waals surface area contributed by atoms with Crippen LogP contribution in [0, 0.1) is 34.0 Å². The minimum atomic E-state index is -1.08. The van der Waals surface area contributed by atoms with Crippen molar-refractivity contribution in [2.24, 2.45) is 5.73 Å². The predicted molar refractivity (Wildman–Crippen MR) is 49.9 cm³/mol. The number of hydrogen-bond donors (Lipinski definition) is 1. The Morgan fingerprint density at radius 2 is 2.13 bits per heavy atom. The lowest BCUT2D eigenvalue weighted by atomic mass is 10.1. The van der Waals surface area contributed by atoms with Crippen molar-refractivity contribution in [3.63, 3.8) is 0 Å². The Morgan fingerprint density at radius 1 is 1.47 bits per heavy atom. The van der Waals surface area contributed by atoms with Crippen molar-refractivity contribution < 1.29 is 0 Å². The molecule has 0 aliphatic carbocycles. The summed E-state index contributed by atoms with van der Waals surface area (Å²) in [6.45, 7) is 1.67. The van der Waals surface area contributed by atoms with Gasteiger partial charge in [-0.1, -0.05) is 0 Å². The largest absolute Gasteiger partial charge is 0.318 e. The third kappa shape index (κ3) is 2.11. The summed E-state index contributed by atoms with van der Waals surface area (Å²) in [5.74, 6) is 0. The highest BCUT2D eigenvalue weighted by Gasteiger charge is 2.21. The molecule has 0 spiro atoms. The number of hydrogen-bond acceptors (Lipinski definition) is 5. The first-order chi connectivity index (χ1) is 7.04. The molecule has 1 aromatic rings. The first-order valence-corrected chi connectivity index (χ1v) is 4.09. The minimum absolute atomic E-state index is 0.0474. The van der Waals surface area contributed by atoms with Crippen molar-refractivity contribution in [3.8, 4) is 18.2 Å². The third-order valence-electron chi connectivity index (χ3n) is 1.80. The molecule has 0 bridgehead atoms. The van der Waals surface area contributed by atoms with Crippen LogP contribution in [0.5, 0.6) is 0 Å². The Kier molecular flexibility index (Phi) is 2.71. The Morgan fingerprint density at radius 3 is 2.60 bits per heavy atom. The highest BCUT2D eigenvalue weighted by molar-refractivity contribution is 5.36. The molecule has 1 atom stereocenters. The van der Waals surface area contributed by atoms with E-state index in [0.29, 0.717) is 0 Å². The van der Waals surface area contributed by atoms with Crippen LogP contribution in [-0.4, -0.2) is 15.1 Å². The minimum Gasteiger partial charge on any atom is -0.318 e. The van der Waals surface area contributed by atoms with Crippen LogP contribution >= 0.6 is 0 Å². The summed E-state index contributed by atoms with van der Waals surface area (Å²) in [5, 5.41) is 26.2. The second kappa shape index (κ2) is 3.79. The van der Waals surface area contributed by atoms with Crippen molar-refractivity contribution in [2.75, 3.05) is 0 Å². The number of rotatable bonds is 2. The van der Waals surface area contributed by atoms with Crippen LogP contribution in [0.2, 0.25) is 0 Å². The van der Waals surface area contributed by atoms with Gasteiger partial charge in [0.25, 0.3) is 0 Å². The van der Waals surface area contributed by atoms with Crippen LogP contribution in [0.4, 0.5) is 0 Å². The molecule has 0 aliphatic heterocycles. The zero-order chi connectivity index (χ0) is 11.5. The molecule has 0 radical (unpaired) electrons. The fraction of sp³-hybridized carbons (Fsp3) is 0.333. The topological polar surface area (TPSA) is 115 Å². The number of nitrogens with zero attached hydrogens (tertiary/aromatic N) is 5. The van der Waals surface area contributed by atoms with E-state index in [2.05, 4.69) is 4.98 Å². The molecule has 15 heavy (non-hydrogen) atoms. The lowest BCUT2D eigenvalue weighted by Gasteiger charge is -2.15. The molecule has 0 saturated carbocycles. The molecule has 74 valence electrons. The molecule has 1 unspecified atom stereocenters. The van der Waals surface area contributed by atoms with Gasteiger partial charge in [-0.25, -0.2) is 4.98 Å². The summed E-state index contributed by atoms with van der Waals surface area (Å²) in [6.07, 6.45) is 1.33. The average Bonchev–Trinajstić information content (AvgIpc) is 2.59. The molecule has 0 amide bonds. The number of nitrogens with two attached hydrogens (primary N) is 1. The zero-order valence-electron chi connectivity index (χ0n) is 8.10. The van der Waals surface area contributed by atoms with E-state index in [4.69, 9.17) is 21.5 Å². The number of aromatic nitrogens is 2. The van der Waals surface area contributed by atoms with Gasteiger partial charge in [-0.15, -0.1) is 0 Å². The van der Waals surface area contributed by atoms with Gasteiger partial charge in [-0.2, -0.15) is 15.8 Å². The fourth-order valence-corrected chi connectivity index (χ4v) is 1.09. The summed E-state index contributed by atoms with van der Waals surface area (Å²) in [6, 6.07) is 5.55. The first kappa shape index (κ1) is 10.7. The fourth-order valence-electron chi connectivity index (χ4n) is 1.09. The van der Waals surface area contributed by atoms with Crippen molar-refractivity contribution in [1.82, 2.24) is 9.55 Å². The van der Waals surface area contributed by atoms with Gasteiger partial charge in [0.2, 0.25) is 0 Å². The predicted octanol–water partition coefficient (Wildman–Crippen LogP) is -0.133. The van der Waals surface area contributed by atoms with Crippen LogP contribution in [-0.2, 0) is 6.54 Å². The highest BCUT2D eigenvalue weighted by Crippen LogP contribution is 2.09. The van der Waals surface area contributed by atoms with Gasteiger partial charge in [-0.05, 0) is 6.92 Å². The van der Waals surface area contributed by atoms with Gasteiger partial charge in [0.05, 0.1) is 18.9 Å². The van der Waals surface area contributed by atoms with Crippen molar-refractivity contribution >= 4 is 0 Å². The summed E-state index contributed by atoms with van der Waals surface area (Å²) < 4.78 is 1.40. The van der Waals surface area contributed by atoms with E-state index in [1.807, 2.05) is 12.1 Å². The van der Waals surface area contributed by atoms with Crippen molar-refractivity contribution in [1.29, 1.82) is 15.8 Å². The van der Waals surface area contributed by atoms with Gasteiger partial charge in [0, 0.05) is 0 Å². The molecular formula is C9H8N6. The second-order valence-corrected chi connectivity index (χ2v) is 3.32. The normalized spacial score (nSPS) is 13.3. The van der Waals surface area contributed by atoms with E-state index in [9.17, 15) is 0 Å². The molecule has 0 fully saturated rings. The van der Waals surface area contributed by atoms with E-state index < -0.39 is 5.54 Å². The summed E-state index contributed by atoms with van der Waals surface area (Å²) in [7, 11) is 0. The molecule has 6 heteroatoms. The lowest BCUT2D eigenvalue weighted by molar-refractivity contribution is 0.490. The Balaban J connectivity index is 3.10. The van der Waals surface area contributed by atoms with E-state index in [-0.39, 0.29) is 17.9 Å². The Labute approximate surface area is 86.8 Å². The van der Waals surface area contributed by atoms with Gasteiger partial charge < -0.3 is 10.3 Å². The number of imidazole rings is 1. The lowest BCUT2D eigenvalue weighted by Crippen LogP contribution is -2.39. The maximum Gasteiger partial charge on any atom is 0.176 e. The van der Waals surface area contributed by atoms with Crippen LogP contribution in [0.15, 0.2) is 6.33 Å². The molecule has 1 heterocycles. The van der Waals surface area contributed by atoms with E-state index in [0.717, 1.165) is 0 Å². The molecule has 2 N–H and O–H groups in total. The molecule has 6 nitrogen and oxygen atoms in total. The smallest absolute Gasteiger partial charge is 0.176 e.